The Balaban J connectivity index is 1.29. The van der Waals surface area contributed by atoms with Gasteiger partial charge in [0.1, 0.15) is 0 Å². The van der Waals surface area contributed by atoms with Crippen LogP contribution in [0.25, 0.3) is 21.9 Å². The van der Waals surface area contributed by atoms with Crippen LogP contribution in [0.1, 0.15) is 43.2 Å². The summed E-state index contributed by atoms with van der Waals surface area (Å²) in [5, 5.41) is 2.37. The fourth-order valence-corrected chi connectivity index (χ4v) is 5.98. The third-order valence-electron chi connectivity index (χ3n) is 8.04. The van der Waals surface area contributed by atoms with Crippen LogP contribution >= 0.6 is 0 Å². The summed E-state index contributed by atoms with van der Waals surface area (Å²) in [6.45, 7) is 1.40. The van der Waals surface area contributed by atoms with E-state index in [0.717, 1.165) is 54.9 Å². The van der Waals surface area contributed by atoms with Crippen LogP contribution in [0.3, 0.4) is 0 Å². The lowest BCUT2D eigenvalue weighted by molar-refractivity contribution is -0.131. The molecule has 194 valence electrons. The van der Waals surface area contributed by atoms with E-state index in [0.29, 0.717) is 6.54 Å². The second-order valence-electron chi connectivity index (χ2n) is 10.6. The monoisotopic (exact) mass is 506 g/mol. The molecule has 3 aromatic carbocycles. The summed E-state index contributed by atoms with van der Waals surface area (Å²) in [4.78, 5) is 19.5. The first-order valence-electron chi connectivity index (χ1n) is 13.7. The van der Waals surface area contributed by atoms with E-state index in [1.807, 2.05) is 23.1 Å². The van der Waals surface area contributed by atoms with Gasteiger partial charge in [-0.15, -0.1) is 0 Å². The molecule has 1 aliphatic carbocycles. The SMILES string of the molecule is COc1ccc(-c2cc(CN3CCC(Cc4ccncc4)C3=O)c3ccccc3c2)cc1OC1CCCC1. The molecule has 1 unspecified atom stereocenters. The predicted octanol–water partition coefficient (Wildman–Crippen LogP) is 6.82. The average molecular weight is 507 g/mol. The number of ether oxygens (including phenoxy) is 2. The first kappa shape index (κ1) is 24.5. The first-order valence-corrected chi connectivity index (χ1v) is 13.7. The van der Waals surface area contributed by atoms with E-state index in [-0.39, 0.29) is 17.9 Å². The summed E-state index contributed by atoms with van der Waals surface area (Å²) < 4.78 is 12.0. The fourth-order valence-electron chi connectivity index (χ4n) is 5.98. The Kier molecular flexibility index (Phi) is 7.00. The maximum absolute atomic E-state index is 13.4. The summed E-state index contributed by atoms with van der Waals surface area (Å²) >= 11 is 0. The number of hydrogen-bond acceptors (Lipinski definition) is 4. The molecule has 1 saturated carbocycles. The van der Waals surface area contributed by atoms with Crippen molar-refractivity contribution in [1.82, 2.24) is 9.88 Å². The van der Waals surface area contributed by atoms with Crippen LogP contribution in [0.4, 0.5) is 0 Å². The molecule has 1 aromatic heterocycles. The van der Waals surface area contributed by atoms with Crippen molar-refractivity contribution in [2.45, 2.75) is 51.2 Å². The normalized spacial score (nSPS) is 17.9. The summed E-state index contributed by atoms with van der Waals surface area (Å²) in [6, 6.07) is 23.2. The van der Waals surface area contributed by atoms with Gasteiger partial charge < -0.3 is 14.4 Å². The van der Waals surface area contributed by atoms with Gasteiger partial charge in [0.05, 0.1) is 13.2 Å². The minimum Gasteiger partial charge on any atom is -0.493 e. The van der Waals surface area contributed by atoms with Crippen LogP contribution in [-0.2, 0) is 17.8 Å². The van der Waals surface area contributed by atoms with Crippen LogP contribution in [0, 0.1) is 5.92 Å². The number of aromatic nitrogens is 1. The van der Waals surface area contributed by atoms with E-state index in [1.165, 1.54) is 34.7 Å². The zero-order valence-corrected chi connectivity index (χ0v) is 21.9. The molecule has 4 aromatic rings. The van der Waals surface area contributed by atoms with E-state index < -0.39 is 0 Å². The molecule has 38 heavy (non-hydrogen) atoms. The molecule has 0 radical (unpaired) electrons. The van der Waals surface area contributed by atoms with Crippen LogP contribution in [-0.4, -0.2) is 35.5 Å². The largest absolute Gasteiger partial charge is 0.493 e. The molecule has 0 N–H and O–H groups in total. The third-order valence-corrected chi connectivity index (χ3v) is 8.04. The van der Waals surface area contributed by atoms with Gasteiger partial charge in [0.25, 0.3) is 0 Å². The Morgan fingerprint density at radius 2 is 1.71 bits per heavy atom. The van der Waals surface area contributed by atoms with E-state index >= 15 is 0 Å². The molecule has 6 rings (SSSR count). The van der Waals surface area contributed by atoms with Gasteiger partial charge in [-0.1, -0.05) is 30.3 Å². The van der Waals surface area contributed by atoms with E-state index in [2.05, 4.69) is 53.5 Å². The molecular formula is C33H34N2O3. The second kappa shape index (κ2) is 10.9. The number of nitrogens with zero attached hydrogens (tertiary/aromatic N) is 2. The number of likely N-dealkylation sites (tertiary alicyclic amines) is 1. The van der Waals surface area contributed by atoms with Gasteiger partial charge in [-0.25, -0.2) is 0 Å². The Labute approximate surface area is 224 Å². The average Bonchev–Trinajstić information content (AvgIpc) is 3.59. The molecular weight excluding hydrogens is 472 g/mol. The molecule has 1 aliphatic heterocycles. The highest BCUT2D eigenvalue weighted by Gasteiger charge is 2.32. The van der Waals surface area contributed by atoms with Crippen LogP contribution in [0.5, 0.6) is 11.5 Å². The van der Waals surface area contributed by atoms with E-state index in [9.17, 15) is 4.79 Å². The Morgan fingerprint density at radius 3 is 2.53 bits per heavy atom. The lowest BCUT2D eigenvalue weighted by Gasteiger charge is -2.20. The van der Waals surface area contributed by atoms with Crippen LogP contribution in [0.15, 0.2) is 79.1 Å². The highest BCUT2D eigenvalue weighted by Crippen LogP contribution is 2.37. The quantitative estimate of drug-likeness (QED) is 0.263. The molecule has 2 aliphatic rings. The van der Waals surface area contributed by atoms with Gasteiger partial charge >= 0.3 is 0 Å². The topological polar surface area (TPSA) is 51.7 Å². The van der Waals surface area contributed by atoms with Crippen molar-refractivity contribution in [3.05, 3.63) is 90.3 Å². The molecule has 5 nitrogen and oxygen atoms in total. The van der Waals surface area contributed by atoms with Gasteiger partial charge in [0, 0.05) is 31.4 Å². The van der Waals surface area contributed by atoms with Gasteiger partial charge in [-0.05, 0) is 108 Å². The van der Waals surface area contributed by atoms with Crippen LogP contribution < -0.4 is 9.47 Å². The number of fused-ring (bicyclic) bond motifs is 1. The van der Waals surface area contributed by atoms with E-state index in [4.69, 9.17) is 9.47 Å². The van der Waals surface area contributed by atoms with Crippen molar-refractivity contribution >= 4 is 16.7 Å². The Bertz CT molecular complexity index is 1430. The second-order valence-corrected chi connectivity index (χ2v) is 10.6. The predicted molar refractivity (Wildman–Crippen MR) is 150 cm³/mol. The summed E-state index contributed by atoms with van der Waals surface area (Å²) in [5.41, 5.74) is 4.56. The van der Waals surface area contributed by atoms with Gasteiger partial charge in [0.2, 0.25) is 5.91 Å². The lowest BCUT2D eigenvalue weighted by atomic mass is 9.96. The van der Waals surface area contributed by atoms with Crippen molar-refractivity contribution in [3.8, 4) is 22.6 Å². The van der Waals surface area contributed by atoms with Crippen molar-refractivity contribution in [1.29, 1.82) is 0 Å². The smallest absolute Gasteiger partial charge is 0.226 e. The van der Waals surface area contributed by atoms with Crippen molar-refractivity contribution in [2.75, 3.05) is 13.7 Å². The van der Waals surface area contributed by atoms with Crippen molar-refractivity contribution in [2.24, 2.45) is 5.92 Å². The van der Waals surface area contributed by atoms with Gasteiger partial charge in [-0.3, -0.25) is 9.78 Å². The standard InChI is InChI=1S/C33H34N2O3/c1-37-31-11-10-24(21-32(31)38-29-7-3-4-8-29)27-19-25-6-2-5-9-30(25)28(20-27)22-35-17-14-26(33(35)36)18-23-12-15-34-16-13-23/h2,5-6,9-13,15-16,19-21,26,29H,3-4,7-8,14,17-18,22H2,1H3. The molecule has 2 fully saturated rings. The highest BCUT2D eigenvalue weighted by atomic mass is 16.5. The summed E-state index contributed by atoms with van der Waals surface area (Å²) in [5.74, 6) is 1.85. The lowest BCUT2D eigenvalue weighted by Crippen LogP contribution is -2.27. The van der Waals surface area contributed by atoms with Crippen LogP contribution in [0.2, 0.25) is 0 Å². The van der Waals surface area contributed by atoms with Gasteiger partial charge in [0.15, 0.2) is 11.5 Å². The molecule has 1 atom stereocenters. The minimum atomic E-state index is 0.0312. The Morgan fingerprint density at radius 1 is 0.895 bits per heavy atom. The maximum atomic E-state index is 13.4. The first-order chi connectivity index (χ1) is 18.7. The molecule has 0 bridgehead atoms. The number of amides is 1. The summed E-state index contributed by atoms with van der Waals surface area (Å²) in [7, 11) is 1.69. The number of carbonyl (C=O) groups is 1. The molecule has 1 amide bonds. The van der Waals surface area contributed by atoms with Gasteiger partial charge in [-0.2, -0.15) is 0 Å². The Hall–Kier alpha value is -3.86. The van der Waals surface area contributed by atoms with E-state index in [1.54, 1.807) is 19.5 Å². The molecule has 2 heterocycles. The highest BCUT2D eigenvalue weighted by molar-refractivity contribution is 5.91. The summed E-state index contributed by atoms with van der Waals surface area (Å²) in [6.07, 6.45) is 10.2. The molecule has 0 spiro atoms. The van der Waals surface area contributed by atoms with Crippen molar-refractivity contribution in [3.63, 3.8) is 0 Å². The fraction of sp³-hybridized carbons (Fsp3) is 0.333. The van der Waals surface area contributed by atoms with Crippen molar-refractivity contribution < 1.29 is 14.3 Å². The number of methoxy groups -OCH3 is 1. The maximum Gasteiger partial charge on any atom is 0.226 e. The minimum absolute atomic E-state index is 0.0312. The number of benzene rings is 3. The third kappa shape index (κ3) is 5.10. The molecule has 5 heteroatoms. The number of pyridine rings is 1. The number of hydrogen-bond donors (Lipinski definition) is 0. The molecule has 1 saturated heterocycles. The number of rotatable bonds is 8. The number of carbonyl (C=O) groups excluding carboxylic acids is 1. The zero-order valence-electron chi connectivity index (χ0n) is 21.9. The zero-order chi connectivity index (χ0) is 25.9.